The molecule has 2 nitrogen and oxygen atoms in total. The molecule has 15 heavy (non-hydrogen) atoms. The van der Waals surface area contributed by atoms with Crippen LogP contribution in [0, 0.1) is 0 Å². The van der Waals surface area contributed by atoms with Crippen LogP contribution in [0.2, 0.25) is 0 Å². The topological polar surface area (TPSA) is 17.8 Å². The summed E-state index contributed by atoms with van der Waals surface area (Å²) in [5.74, 6) is 0.693. The summed E-state index contributed by atoms with van der Waals surface area (Å²) in [5.41, 5.74) is 2.17. The van der Waals surface area contributed by atoms with Crippen molar-refractivity contribution in [2.45, 2.75) is 13.0 Å². The molecule has 0 spiro atoms. The molecule has 0 N–H and O–H groups in total. The summed E-state index contributed by atoms with van der Waals surface area (Å²) in [4.78, 5) is 4.36. The number of aromatic nitrogens is 2. The standard InChI is InChI=1S/C12H13ClN2/c13-7-4-8-15-9-12(14-10-15)11-5-2-1-3-6-11/h1-3,5-6,9-10H,4,7-8H2. The zero-order valence-electron chi connectivity index (χ0n) is 8.44. The van der Waals surface area contributed by atoms with E-state index in [0.717, 1.165) is 24.2 Å². The van der Waals surface area contributed by atoms with Gasteiger partial charge in [-0.1, -0.05) is 30.3 Å². The number of hydrogen-bond donors (Lipinski definition) is 0. The van der Waals surface area contributed by atoms with E-state index in [-0.39, 0.29) is 0 Å². The lowest BCUT2D eigenvalue weighted by atomic mass is 10.2. The van der Waals surface area contributed by atoms with Crippen molar-refractivity contribution in [2.24, 2.45) is 0 Å². The fourth-order valence-electron chi connectivity index (χ4n) is 1.48. The van der Waals surface area contributed by atoms with E-state index in [2.05, 4.69) is 27.9 Å². The number of nitrogens with zero attached hydrogens (tertiary/aromatic N) is 2. The van der Waals surface area contributed by atoms with E-state index < -0.39 is 0 Å². The van der Waals surface area contributed by atoms with Crippen LogP contribution < -0.4 is 0 Å². The van der Waals surface area contributed by atoms with Gasteiger partial charge in [-0.15, -0.1) is 11.6 Å². The minimum Gasteiger partial charge on any atom is -0.337 e. The SMILES string of the molecule is ClCCCn1cnc(-c2ccccc2)c1. The van der Waals surface area contributed by atoms with E-state index in [1.807, 2.05) is 24.5 Å². The molecule has 0 atom stereocenters. The zero-order chi connectivity index (χ0) is 10.5. The first-order chi connectivity index (χ1) is 7.40. The van der Waals surface area contributed by atoms with Crippen molar-refractivity contribution >= 4 is 11.6 Å². The molecule has 1 aromatic carbocycles. The predicted molar refractivity (Wildman–Crippen MR) is 63.0 cm³/mol. The Morgan fingerprint density at radius 3 is 2.73 bits per heavy atom. The second-order valence-corrected chi connectivity index (χ2v) is 3.78. The van der Waals surface area contributed by atoms with Crippen molar-refractivity contribution < 1.29 is 0 Å². The number of imidazole rings is 1. The van der Waals surface area contributed by atoms with Crippen LogP contribution in [0.15, 0.2) is 42.9 Å². The maximum atomic E-state index is 5.64. The summed E-state index contributed by atoms with van der Waals surface area (Å²) in [6.07, 6.45) is 4.89. The smallest absolute Gasteiger partial charge is 0.0953 e. The summed E-state index contributed by atoms with van der Waals surface area (Å²) < 4.78 is 2.07. The molecular weight excluding hydrogens is 208 g/mol. The molecule has 78 valence electrons. The number of benzene rings is 1. The number of aryl methyl sites for hydroxylation is 1. The van der Waals surface area contributed by atoms with Crippen molar-refractivity contribution in [3.63, 3.8) is 0 Å². The van der Waals surface area contributed by atoms with Gasteiger partial charge >= 0.3 is 0 Å². The van der Waals surface area contributed by atoms with Crippen LogP contribution in [-0.2, 0) is 6.54 Å². The van der Waals surface area contributed by atoms with Gasteiger partial charge in [0.1, 0.15) is 0 Å². The third-order valence-corrected chi connectivity index (χ3v) is 2.52. The monoisotopic (exact) mass is 220 g/mol. The lowest BCUT2D eigenvalue weighted by molar-refractivity contribution is 0.682. The second-order valence-electron chi connectivity index (χ2n) is 3.41. The largest absolute Gasteiger partial charge is 0.337 e. The van der Waals surface area contributed by atoms with E-state index in [0.29, 0.717) is 5.88 Å². The summed E-state index contributed by atoms with van der Waals surface area (Å²) in [6.45, 7) is 0.934. The highest BCUT2D eigenvalue weighted by Gasteiger charge is 2.00. The minimum absolute atomic E-state index is 0.693. The molecule has 0 bridgehead atoms. The van der Waals surface area contributed by atoms with Crippen LogP contribution in [0.25, 0.3) is 11.3 Å². The molecule has 3 heteroatoms. The Bertz CT molecular complexity index is 409. The van der Waals surface area contributed by atoms with Crippen molar-refractivity contribution in [1.82, 2.24) is 9.55 Å². The maximum absolute atomic E-state index is 5.64. The second kappa shape index (κ2) is 4.99. The van der Waals surface area contributed by atoms with Crippen LogP contribution in [0.1, 0.15) is 6.42 Å². The van der Waals surface area contributed by atoms with Gasteiger partial charge in [0.05, 0.1) is 12.0 Å². The van der Waals surface area contributed by atoms with Gasteiger partial charge in [0.2, 0.25) is 0 Å². The van der Waals surface area contributed by atoms with Crippen LogP contribution >= 0.6 is 11.6 Å². The van der Waals surface area contributed by atoms with E-state index in [1.165, 1.54) is 0 Å². The number of alkyl halides is 1. The fraction of sp³-hybridized carbons (Fsp3) is 0.250. The highest BCUT2D eigenvalue weighted by Crippen LogP contribution is 2.15. The summed E-state index contributed by atoms with van der Waals surface area (Å²) in [6, 6.07) is 10.2. The molecule has 0 unspecified atom stereocenters. The molecule has 2 rings (SSSR count). The van der Waals surface area contributed by atoms with Gasteiger partial charge in [-0.05, 0) is 6.42 Å². The molecule has 1 heterocycles. The molecule has 0 amide bonds. The number of rotatable bonds is 4. The molecule has 0 aliphatic heterocycles. The Labute approximate surface area is 94.5 Å². The average Bonchev–Trinajstić information content (AvgIpc) is 2.76. The van der Waals surface area contributed by atoms with E-state index >= 15 is 0 Å². The first-order valence-electron chi connectivity index (χ1n) is 5.03. The number of halogens is 1. The van der Waals surface area contributed by atoms with Gasteiger partial charge < -0.3 is 4.57 Å². The van der Waals surface area contributed by atoms with Gasteiger partial charge in [-0.3, -0.25) is 0 Å². The Hall–Kier alpha value is -1.28. The predicted octanol–water partition coefficient (Wildman–Crippen LogP) is 3.18. The highest BCUT2D eigenvalue weighted by atomic mass is 35.5. The lowest BCUT2D eigenvalue weighted by Gasteiger charge is -1.97. The molecule has 1 aromatic heterocycles. The molecular formula is C12H13ClN2. The molecule has 0 radical (unpaired) electrons. The van der Waals surface area contributed by atoms with Gasteiger partial charge in [0.25, 0.3) is 0 Å². The normalized spacial score (nSPS) is 10.5. The van der Waals surface area contributed by atoms with E-state index in [1.54, 1.807) is 0 Å². The number of hydrogen-bond acceptors (Lipinski definition) is 1. The lowest BCUT2D eigenvalue weighted by Crippen LogP contribution is -1.94. The van der Waals surface area contributed by atoms with Crippen molar-refractivity contribution in [1.29, 1.82) is 0 Å². The molecule has 0 aliphatic rings. The van der Waals surface area contributed by atoms with Gasteiger partial charge in [0.15, 0.2) is 0 Å². The van der Waals surface area contributed by atoms with Gasteiger partial charge in [0, 0.05) is 24.2 Å². The average molecular weight is 221 g/mol. The summed E-state index contributed by atoms with van der Waals surface area (Å²) in [5, 5.41) is 0. The minimum atomic E-state index is 0.693. The van der Waals surface area contributed by atoms with Crippen molar-refractivity contribution in [2.75, 3.05) is 5.88 Å². The summed E-state index contributed by atoms with van der Waals surface area (Å²) >= 11 is 5.64. The third kappa shape index (κ3) is 2.60. The Balaban J connectivity index is 2.14. The first kappa shape index (κ1) is 10.2. The molecule has 0 saturated heterocycles. The van der Waals surface area contributed by atoms with Crippen molar-refractivity contribution in [3.05, 3.63) is 42.9 Å². The van der Waals surface area contributed by atoms with Crippen LogP contribution in [0.3, 0.4) is 0 Å². The Morgan fingerprint density at radius 1 is 1.20 bits per heavy atom. The third-order valence-electron chi connectivity index (χ3n) is 2.25. The van der Waals surface area contributed by atoms with Gasteiger partial charge in [-0.25, -0.2) is 4.98 Å². The molecule has 0 fully saturated rings. The quantitative estimate of drug-likeness (QED) is 0.724. The van der Waals surface area contributed by atoms with Gasteiger partial charge in [-0.2, -0.15) is 0 Å². The van der Waals surface area contributed by atoms with Crippen LogP contribution in [0.4, 0.5) is 0 Å². The highest BCUT2D eigenvalue weighted by molar-refractivity contribution is 6.17. The van der Waals surface area contributed by atoms with Crippen molar-refractivity contribution in [3.8, 4) is 11.3 Å². The van der Waals surface area contributed by atoms with E-state index in [4.69, 9.17) is 11.6 Å². The maximum Gasteiger partial charge on any atom is 0.0953 e. The Morgan fingerprint density at radius 2 is 2.00 bits per heavy atom. The van der Waals surface area contributed by atoms with E-state index in [9.17, 15) is 0 Å². The molecule has 2 aromatic rings. The fourth-order valence-corrected chi connectivity index (χ4v) is 1.60. The van der Waals surface area contributed by atoms with Crippen LogP contribution in [0.5, 0.6) is 0 Å². The Kier molecular flexibility index (Phi) is 3.41. The zero-order valence-corrected chi connectivity index (χ0v) is 9.19. The summed E-state index contributed by atoms with van der Waals surface area (Å²) in [7, 11) is 0. The first-order valence-corrected chi connectivity index (χ1v) is 5.57. The molecule has 0 saturated carbocycles. The van der Waals surface area contributed by atoms with Crippen LogP contribution in [-0.4, -0.2) is 15.4 Å². The molecule has 0 aliphatic carbocycles.